The first-order chi connectivity index (χ1) is 14.0. The summed E-state index contributed by atoms with van der Waals surface area (Å²) in [5.74, 6) is 1.01. The van der Waals surface area contributed by atoms with Crippen molar-refractivity contribution in [2.45, 2.75) is 13.0 Å². The fraction of sp³-hybridized carbons (Fsp3) is 0.190. The topological polar surface area (TPSA) is 80.8 Å². The van der Waals surface area contributed by atoms with Gasteiger partial charge in [0.25, 0.3) is 11.8 Å². The van der Waals surface area contributed by atoms with Gasteiger partial charge in [-0.1, -0.05) is 0 Å². The Kier molecular flexibility index (Phi) is 4.94. The minimum absolute atomic E-state index is 0.0969. The number of methoxy groups -OCH3 is 1. The highest BCUT2D eigenvalue weighted by Gasteiger charge is 2.29. The molecule has 0 fully saturated rings. The van der Waals surface area contributed by atoms with E-state index in [1.54, 1.807) is 50.2 Å². The molecule has 0 saturated carbocycles. The number of carbonyl (C=O) groups is 2. The number of likely N-dealkylation sites (N-methyl/N-ethyl adjacent to an activating group) is 1. The van der Waals surface area contributed by atoms with Crippen molar-refractivity contribution < 1.29 is 19.1 Å². The van der Waals surface area contributed by atoms with Crippen LogP contribution in [0.25, 0.3) is 11.3 Å². The molecule has 1 atom stereocenters. The van der Waals surface area contributed by atoms with E-state index < -0.39 is 6.10 Å². The number of fused-ring (bicyclic) bond motifs is 1. The van der Waals surface area contributed by atoms with Crippen LogP contribution in [0, 0.1) is 0 Å². The molecule has 1 aliphatic heterocycles. The van der Waals surface area contributed by atoms with E-state index in [2.05, 4.69) is 10.3 Å². The number of nitrogens with one attached hydrogen (secondary N) is 1. The van der Waals surface area contributed by atoms with Crippen molar-refractivity contribution in [3.05, 3.63) is 53.4 Å². The maximum Gasteiger partial charge on any atom is 0.267 e. The minimum atomic E-state index is -0.502. The van der Waals surface area contributed by atoms with Crippen molar-refractivity contribution in [2.75, 3.05) is 24.4 Å². The van der Waals surface area contributed by atoms with Gasteiger partial charge in [-0.05, 0) is 49.4 Å². The standard InChI is InChI=1S/C21H19N3O4S/c1-12-20(26)24(2)17-10-14(6-9-18(17)28-12)16-11-29-21(22-16)23-19(25)13-4-7-15(27-3)8-5-13/h4-12H,1-3H3,(H,22,23,25)/t12-/m0/s1. The zero-order chi connectivity index (χ0) is 20.5. The normalized spacial score (nSPS) is 15.5. The quantitative estimate of drug-likeness (QED) is 0.709. The van der Waals surface area contributed by atoms with E-state index in [9.17, 15) is 9.59 Å². The number of nitrogens with zero attached hydrogens (tertiary/aromatic N) is 2. The van der Waals surface area contributed by atoms with Crippen molar-refractivity contribution in [1.29, 1.82) is 0 Å². The van der Waals surface area contributed by atoms with Crippen molar-refractivity contribution in [1.82, 2.24) is 4.98 Å². The van der Waals surface area contributed by atoms with Gasteiger partial charge in [-0.3, -0.25) is 14.9 Å². The number of aromatic nitrogens is 1. The molecule has 3 aromatic rings. The second kappa shape index (κ2) is 7.56. The number of rotatable bonds is 4. The number of thiazole rings is 1. The summed E-state index contributed by atoms with van der Waals surface area (Å²) in [5, 5.41) is 5.16. The lowest BCUT2D eigenvalue weighted by atomic mass is 10.1. The summed E-state index contributed by atoms with van der Waals surface area (Å²) in [6.45, 7) is 1.73. The molecular formula is C21H19N3O4S. The maximum absolute atomic E-state index is 12.4. The van der Waals surface area contributed by atoms with Crippen LogP contribution in [-0.2, 0) is 4.79 Å². The Morgan fingerprint density at radius 1 is 1.24 bits per heavy atom. The number of amides is 2. The molecule has 29 heavy (non-hydrogen) atoms. The summed E-state index contributed by atoms with van der Waals surface area (Å²) >= 11 is 1.33. The lowest BCUT2D eigenvalue weighted by Gasteiger charge is -2.30. The summed E-state index contributed by atoms with van der Waals surface area (Å²) in [7, 11) is 3.30. The second-order valence-corrected chi connectivity index (χ2v) is 7.42. The number of carbonyl (C=O) groups excluding carboxylic acids is 2. The first kappa shape index (κ1) is 18.9. The molecule has 0 unspecified atom stereocenters. The van der Waals surface area contributed by atoms with Gasteiger partial charge < -0.3 is 14.4 Å². The molecule has 7 nitrogen and oxygen atoms in total. The van der Waals surface area contributed by atoms with Crippen molar-refractivity contribution >= 4 is 34.0 Å². The molecule has 1 aromatic heterocycles. The van der Waals surface area contributed by atoms with Crippen LogP contribution in [0.5, 0.6) is 11.5 Å². The van der Waals surface area contributed by atoms with Gasteiger partial charge in [-0.15, -0.1) is 11.3 Å². The van der Waals surface area contributed by atoms with Crippen LogP contribution in [0.1, 0.15) is 17.3 Å². The van der Waals surface area contributed by atoms with E-state index in [4.69, 9.17) is 9.47 Å². The highest BCUT2D eigenvalue weighted by molar-refractivity contribution is 7.14. The molecule has 148 valence electrons. The molecule has 2 aromatic carbocycles. The van der Waals surface area contributed by atoms with Gasteiger partial charge >= 0.3 is 0 Å². The Hall–Kier alpha value is -3.39. The Balaban J connectivity index is 1.53. The summed E-state index contributed by atoms with van der Waals surface area (Å²) in [6, 6.07) is 12.4. The molecule has 0 bridgehead atoms. The average Bonchev–Trinajstić information content (AvgIpc) is 3.20. The summed E-state index contributed by atoms with van der Waals surface area (Å²) in [5.41, 5.74) is 2.76. The molecule has 8 heteroatoms. The predicted molar refractivity (Wildman–Crippen MR) is 112 cm³/mol. The van der Waals surface area contributed by atoms with E-state index in [1.165, 1.54) is 11.3 Å². The lowest BCUT2D eigenvalue weighted by Crippen LogP contribution is -2.41. The highest BCUT2D eigenvalue weighted by Crippen LogP contribution is 2.37. The van der Waals surface area contributed by atoms with Crippen LogP contribution in [-0.4, -0.2) is 37.1 Å². The van der Waals surface area contributed by atoms with Crippen molar-refractivity contribution in [3.63, 3.8) is 0 Å². The SMILES string of the molecule is COc1ccc(C(=O)Nc2nc(-c3ccc4c(c3)N(C)C(=O)[C@H](C)O4)cs2)cc1. The monoisotopic (exact) mass is 409 g/mol. The van der Waals surface area contributed by atoms with Crippen molar-refractivity contribution in [2.24, 2.45) is 0 Å². The van der Waals surface area contributed by atoms with Gasteiger partial charge in [0.05, 0.1) is 18.5 Å². The lowest BCUT2D eigenvalue weighted by molar-refractivity contribution is -0.125. The second-order valence-electron chi connectivity index (χ2n) is 6.56. The predicted octanol–water partition coefficient (Wildman–Crippen LogP) is 3.81. The third-order valence-corrected chi connectivity index (χ3v) is 5.43. The molecule has 0 saturated heterocycles. The first-order valence-corrected chi connectivity index (χ1v) is 9.84. The first-order valence-electron chi connectivity index (χ1n) is 8.96. The molecule has 0 aliphatic carbocycles. The van der Waals surface area contributed by atoms with Gasteiger partial charge in [0, 0.05) is 23.6 Å². The van der Waals surface area contributed by atoms with Crippen LogP contribution in [0.15, 0.2) is 47.8 Å². The molecule has 2 amide bonds. The van der Waals surface area contributed by atoms with Gasteiger partial charge in [-0.2, -0.15) is 0 Å². The largest absolute Gasteiger partial charge is 0.497 e. The van der Waals surface area contributed by atoms with Gasteiger partial charge in [-0.25, -0.2) is 4.98 Å². The van der Waals surface area contributed by atoms with E-state index in [0.29, 0.717) is 33.6 Å². The third-order valence-electron chi connectivity index (χ3n) is 4.68. The minimum Gasteiger partial charge on any atom is -0.497 e. The van der Waals surface area contributed by atoms with Crippen molar-refractivity contribution in [3.8, 4) is 22.8 Å². The maximum atomic E-state index is 12.4. The number of hydrogen-bond donors (Lipinski definition) is 1. The van der Waals surface area contributed by atoms with Crippen LogP contribution in [0.4, 0.5) is 10.8 Å². The summed E-state index contributed by atoms with van der Waals surface area (Å²) in [6.07, 6.45) is -0.502. The van der Waals surface area contributed by atoms with E-state index in [0.717, 1.165) is 5.56 Å². The molecule has 0 radical (unpaired) electrons. The van der Waals surface area contributed by atoms with Gasteiger partial charge in [0.1, 0.15) is 11.5 Å². The van der Waals surface area contributed by atoms with E-state index in [1.807, 2.05) is 23.6 Å². The highest BCUT2D eigenvalue weighted by atomic mass is 32.1. The third kappa shape index (κ3) is 3.66. The molecule has 1 aliphatic rings. The van der Waals surface area contributed by atoms with Gasteiger partial charge in [0.15, 0.2) is 11.2 Å². The molecule has 2 heterocycles. The zero-order valence-corrected chi connectivity index (χ0v) is 16.9. The molecule has 4 rings (SSSR count). The summed E-state index contributed by atoms with van der Waals surface area (Å²) < 4.78 is 10.8. The molecule has 0 spiro atoms. The molecular weight excluding hydrogens is 390 g/mol. The van der Waals surface area contributed by atoms with Gasteiger partial charge in [0.2, 0.25) is 0 Å². The fourth-order valence-electron chi connectivity index (χ4n) is 3.05. The zero-order valence-electron chi connectivity index (χ0n) is 16.1. The van der Waals surface area contributed by atoms with Crippen LogP contribution < -0.4 is 19.7 Å². The Morgan fingerprint density at radius 2 is 2.00 bits per heavy atom. The van der Waals surface area contributed by atoms with E-state index >= 15 is 0 Å². The average molecular weight is 409 g/mol. The van der Waals surface area contributed by atoms with E-state index in [-0.39, 0.29) is 11.8 Å². The summed E-state index contributed by atoms with van der Waals surface area (Å²) in [4.78, 5) is 30.7. The number of anilines is 2. The number of benzene rings is 2. The fourth-order valence-corrected chi connectivity index (χ4v) is 3.76. The molecule has 1 N–H and O–H groups in total. The Labute approximate surface area is 171 Å². The number of ether oxygens (including phenoxy) is 2. The van der Waals surface area contributed by atoms with Crippen LogP contribution >= 0.6 is 11.3 Å². The van der Waals surface area contributed by atoms with Crippen LogP contribution in [0.2, 0.25) is 0 Å². The van der Waals surface area contributed by atoms with Crippen LogP contribution in [0.3, 0.4) is 0 Å². The number of hydrogen-bond acceptors (Lipinski definition) is 6. The Bertz CT molecular complexity index is 1080. The Morgan fingerprint density at radius 3 is 2.72 bits per heavy atom. The smallest absolute Gasteiger partial charge is 0.267 e.